The van der Waals surface area contributed by atoms with Crippen LogP contribution in [0.1, 0.15) is 31.2 Å². The lowest BCUT2D eigenvalue weighted by atomic mass is 9.84. The number of hydrogen-bond donors (Lipinski definition) is 1. The van der Waals surface area contributed by atoms with Gasteiger partial charge in [0.2, 0.25) is 5.91 Å². The van der Waals surface area contributed by atoms with Crippen LogP contribution < -0.4 is 9.47 Å². The first-order chi connectivity index (χ1) is 13.5. The molecule has 7 heteroatoms. The van der Waals surface area contributed by atoms with Crippen LogP contribution in [0.2, 0.25) is 0 Å². The molecular weight excluding hydrogens is 362 g/mol. The van der Waals surface area contributed by atoms with E-state index in [1.165, 1.54) is 0 Å². The zero-order chi connectivity index (χ0) is 20.1. The number of benzene rings is 1. The molecule has 0 saturated carbocycles. The van der Waals surface area contributed by atoms with E-state index in [9.17, 15) is 14.7 Å². The predicted octanol–water partition coefficient (Wildman–Crippen LogP) is 2.36. The van der Waals surface area contributed by atoms with Crippen molar-refractivity contribution in [3.8, 4) is 11.5 Å². The molecule has 0 spiro atoms. The van der Waals surface area contributed by atoms with Crippen molar-refractivity contribution in [2.75, 3.05) is 33.9 Å². The summed E-state index contributed by atoms with van der Waals surface area (Å²) in [6, 6.07) is 5.59. The monoisotopic (exact) mass is 391 g/mol. The van der Waals surface area contributed by atoms with Crippen molar-refractivity contribution >= 4 is 11.9 Å². The minimum Gasteiger partial charge on any atom is -0.497 e. The van der Waals surface area contributed by atoms with Gasteiger partial charge in [0.15, 0.2) is 0 Å². The molecule has 0 bridgehead atoms. The van der Waals surface area contributed by atoms with Crippen LogP contribution in [0, 0.1) is 11.8 Å². The number of carbonyl (C=O) groups is 2. The van der Waals surface area contributed by atoms with Crippen molar-refractivity contribution < 1.29 is 28.9 Å². The highest BCUT2D eigenvalue weighted by Crippen LogP contribution is 2.33. The molecule has 2 atom stereocenters. The normalized spacial score (nSPS) is 22.9. The first-order valence-electron chi connectivity index (χ1n) is 9.86. The molecule has 2 aliphatic heterocycles. The molecule has 154 valence electrons. The summed E-state index contributed by atoms with van der Waals surface area (Å²) < 4.78 is 16.3. The summed E-state index contributed by atoms with van der Waals surface area (Å²) in [6.45, 7) is 1.83. The number of carboxylic acids is 1. The van der Waals surface area contributed by atoms with Gasteiger partial charge in [0.05, 0.1) is 26.2 Å². The van der Waals surface area contributed by atoms with Gasteiger partial charge in [-0.1, -0.05) is 0 Å². The summed E-state index contributed by atoms with van der Waals surface area (Å²) in [6.07, 6.45) is 2.96. The van der Waals surface area contributed by atoms with E-state index < -0.39 is 11.9 Å². The highest BCUT2D eigenvalue weighted by Gasteiger charge is 2.40. The minimum absolute atomic E-state index is 0.116. The maximum atomic E-state index is 12.7. The van der Waals surface area contributed by atoms with E-state index in [1.54, 1.807) is 14.2 Å². The summed E-state index contributed by atoms with van der Waals surface area (Å²) in [5, 5.41) is 9.35. The second-order valence-corrected chi connectivity index (χ2v) is 7.46. The molecule has 0 aliphatic carbocycles. The van der Waals surface area contributed by atoms with Gasteiger partial charge in [-0.15, -0.1) is 0 Å². The van der Waals surface area contributed by atoms with Gasteiger partial charge in [0, 0.05) is 26.1 Å². The third-order valence-corrected chi connectivity index (χ3v) is 5.91. The average molecular weight is 391 g/mol. The van der Waals surface area contributed by atoms with Crippen molar-refractivity contribution in [2.45, 2.75) is 38.2 Å². The summed E-state index contributed by atoms with van der Waals surface area (Å²) >= 11 is 0. The third kappa shape index (κ3) is 4.58. The van der Waals surface area contributed by atoms with Crippen molar-refractivity contribution in [1.82, 2.24) is 4.90 Å². The standard InChI is InChI=1S/C21H29NO6/c1-26-16-4-5-18(27-2)15(13-16)3-6-19(23)22-10-7-14(8-11-22)20-17(21(24)25)9-12-28-20/h4-5,13-14,17,20H,3,6-12H2,1-2H3,(H,24,25)/t17?,20-/m0/s1. The van der Waals surface area contributed by atoms with Crippen LogP contribution in [0.15, 0.2) is 18.2 Å². The number of methoxy groups -OCH3 is 2. The Morgan fingerprint density at radius 1 is 1.18 bits per heavy atom. The molecule has 2 aliphatic rings. The molecule has 0 radical (unpaired) electrons. The number of aryl methyl sites for hydroxylation is 1. The van der Waals surface area contributed by atoms with Gasteiger partial charge in [0.25, 0.3) is 0 Å². The number of nitrogens with zero attached hydrogens (tertiary/aromatic N) is 1. The number of ether oxygens (including phenoxy) is 3. The van der Waals surface area contributed by atoms with Crippen molar-refractivity contribution in [3.05, 3.63) is 23.8 Å². The smallest absolute Gasteiger partial charge is 0.309 e. The SMILES string of the molecule is COc1ccc(OC)c(CCC(=O)N2CCC([C@@H]3OCCC3C(=O)O)CC2)c1. The van der Waals surface area contributed by atoms with Crippen molar-refractivity contribution in [2.24, 2.45) is 11.8 Å². The lowest BCUT2D eigenvalue weighted by molar-refractivity contribution is -0.146. The highest BCUT2D eigenvalue weighted by atomic mass is 16.5. The summed E-state index contributed by atoms with van der Waals surface area (Å²) in [7, 11) is 3.23. The largest absolute Gasteiger partial charge is 0.497 e. The van der Waals surface area contributed by atoms with Crippen LogP contribution in [0.4, 0.5) is 0 Å². The lowest BCUT2D eigenvalue weighted by Crippen LogP contribution is -2.43. The van der Waals surface area contributed by atoms with Crippen molar-refractivity contribution in [1.29, 1.82) is 0 Å². The fourth-order valence-corrected chi connectivity index (χ4v) is 4.29. The maximum Gasteiger partial charge on any atom is 0.309 e. The van der Waals surface area contributed by atoms with E-state index >= 15 is 0 Å². The van der Waals surface area contributed by atoms with Crippen LogP contribution in [0.5, 0.6) is 11.5 Å². The fraction of sp³-hybridized carbons (Fsp3) is 0.619. The van der Waals surface area contributed by atoms with Gasteiger partial charge in [-0.2, -0.15) is 0 Å². The number of aliphatic carboxylic acids is 1. The first-order valence-corrected chi connectivity index (χ1v) is 9.86. The van der Waals surface area contributed by atoms with E-state index in [0.717, 1.165) is 29.9 Å². The molecule has 1 aromatic rings. The number of carboxylic acid groups (broad SMARTS) is 1. The molecule has 7 nitrogen and oxygen atoms in total. The van der Waals surface area contributed by atoms with Crippen LogP contribution in [0.3, 0.4) is 0 Å². The molecule has 2 heterocycles. The Hall–Kier alpha value is -2.28. The Balaban J connectivity index is 1.51. The number of carbonyl (C=O) groups excluding carboxylic acids is 1. The van der Waals surface area contributed by atoms with Gasteiger partial charge in [0.1, 0.15) is 11.5 Å². The Labute approximate surface area is 165 Å². The number of hydrogen-bond acceptors (Lipinski definition) is 5. The lowest BCUT2D eigenvalue weighted by Gasteiger charge is -2.35. The fourth-order valence-electron chi connectivity index (χ4n) is 4.29. The van der Waals surface area contributed by atoms with Crippen LogP contribution in [-0.2, 0) is 20.7 Å². The Bertz CT molecular complexity index is 698. The zero-order valence-electron chi connectivity index (χ0n) is 16.6. The Kier molecular flexibility index (Phi) is 6.78. The first kappa shape index (κ1) is 20.5. The predicted molar refractivity (Wildman–Crippen MR) is 103 cm³/mol. The number of piperidine rings is 1. The van der Waals surface area contributed by atoms with Gasteiger partial charge in [-0.25, -0.2) is 0 Å². The molecule has 1 N–H and O–H groups in total. The zero-order valence-corrected chi connectivity index (χ0v) is 16.6. The van der Waals surface area contributed by atoms with E-state index in [2.05, 4.69) is 0 Å². The van der Waals surface area contributed by atoms with Gasteiger partial charge >= 0.3 is 5.97 Å². The summed E-state index contributed by atoms with van der Waals surface area (Å²) in [5.41, 5.74) is 0.953. The summed E-state index contributed by atoms with van der Waals surface area (Å²) in [4.78, 5) is 25.9. The number of likely N-dealkylation sites (tertiary alicyclic amines) is 1. The topological polar surface area (TPSA) is 85.3 Å². The van der Waals surface area contributed by atoms with Crippen LogP contribution >= 0.6 is 0 Å². The minimum atomic E-state index is -0.770. The van der Waals surface area contributed by atoms with E-state index in [4.69, 9.17) is 14.2 Å². The van der Waals surface area contributed by atoms with Gasteiger partial charge in [-0.05, 0) is 55.4 Å². The van der Waals surface area contributed by atoms with Crippen LogP contribution in [-0.4, -0.2) is 61.9 Å². The third-order valence-electron chi connectivity index (χ3n) is 5.91. The quantitative estimate of drug-likeness (QED) is 0.768. The molecule has 3 rings (SSSR count). The van der Waals surface area contributed by atoms with Crippen LogP contribution in [0.25, 0.3) is 0 Å². The molecular formula is C21H29NO6. The highest BCUT2D eigenvalue weighted by molar-refractivity contribution is 5.76. The molecule has 1 amide bonds. The second kappa shape index (κ2) is 9.28. The second-order valence-electron chi connectivity index (χ2n) is 7.46. The molecule has 28 heavy (non-hydrogen) atoms. The molecule has 2 fully saturated rings. The van der Waals surface area contributed by atoms with E-state index in [0.29, 0.717) is 39.0 Å². The van der Waals surface area contributed by atoms with E-state index in [-0.39, 0.29) is 17.9 Å². The van der Waals surface area contributed by atoms with Gasteiger partial charge < -0.3 is 24.2 Å². The average Bonchev–Trinajstić information content (AvgIpc) is 3.22. The van der Waals surface area contributed by atoms with E-state index in [1.807, 2.05) is 23.1 Å². The number of rotatable bonds is 7. The Morgan fingerprint density at radius 3 is 2.57 bits per heavy atom. The van der Waals surface area contributed by atoms with Gasteiger partial charge in [-0.3, -0.25) is 9.59 Å². The summed E-state index contributed by atoms with van der Waals surface area (Å²) in [5.74, 6) is 0.650. The molecule has 1 unspecified atom stereocenters. The Morgan fingerprint density at radius 2 is 1.93 bits per heavy atom. The van der Waals surface area contributed by atoms with Crippen molar-refractivity contribution in [3.63, 3.8) is 0 Å². The maximum absolute atomic E-state index is 12.7. The number of amides is 1. The molecule has 2 saturated heterocycles. The molecule has 1 aromatic carbocycles. The molecule has 0 aromatic heterocycles.